The molecule has 0 radical (unpaired) electrons. The number of aromatic nitrogens is 1. The van der Waals surface area contributed by atoms with Crippen molar-refractivity contribution in [1.29, 1.82) is 0 Å². The highest BCUT2D eigenvalue weighted by molar-refractivity contribution is 7.14. The summed E-state index contributed by atoms with van der Waals surface area (Å²) in [7, 11) is 0. The summed E-state index contributed by atoms with van der Waals surface area (Å²) in [5, 5.41) is 5.34. The van der Waals surface area contributed by atoms with E-state index in [4.69, 9.17) is 4.74 Å². The maximum atomic E-state index is 12.3. The Labute approximate surface area is 186 Å². The highest BCUT2D eigenvalue weighted by Crippen LogP contribution is 2.28. The fraction of sp³-hybridized carbons (Fsp3) is 0.154. The first-order valence-electron chi connectivity index (χ1n) is 10.2. The molecule has 1 N–H and O–H groups in total. The molecule has 31 heavy (non-hydrogen) atoms. The van der Waals surface area contributed by atoms with E-state index in [1.165, 1.54) is 16.9 Å². The number of carbonyl (C=O) groups excluding carboxylic acids is 1. The molecule has 0 atom stereocenters. The van der Waals surface area contributed by atoms with Crippen LogP contribution in [0.3, 0.4) is 0 Å². The molecule has 0 spiro atoms. The van der Waals surface area contributed by atoms with Gasteiger partial charge in [-0.2, -0.15) is 0 Å². The van der Waals surface area contributed by atoms with Crippen LogP contribution < -0.4 is 10.1 Å². The fourth-order valence-electron chi connectivity index (χ4n) is 3.32. The Morgan fingerprint density at radius 3 is 2.29 bits per heavy atom. The minimum atomic E-state index is -0.223. The van der Waals surface area contributed by atoms with Crippen LogP contribution in [-0.4, -0.2) is 17.5 Å². The van der Waals surface area contributed by atoms with Crippen LogP contribution in [0.2, 0.25) is 0 Å². The smallest absolute Gasteiger partial charge is 0.264 e. The molecule has 1 amide bonds. The van der Waals surface area contributed by atoms with Crippen LogP contribution in [0.4, 0.5) is 5.13 Å². The first-order chi connectivity index (χ1) is 15.1. The van der Waals surface area contributed by atoms with Gasteiger partial charge in [0.25, 0.3) is 5.91 Å². The first-order valence-corrected chi connectivity index (χ1v) is 11.1. The van der Waals surface area contributed by atoms with Crippen molar-refractivity contribution in [2.75, 3.05) is 11.9 Å². The number of carbonyl (C=O) groups is 1. The minimum Gasteiger partial charge on any atom is -0.483 e. The third-order valence-corrected chi connectivity index (χ3v) is 5.70. The lowest BCUT2D eigenvalue weighted by Gasteiger charge is -2.13. The van der Waals surface area contributed by atoms with E-state index in [2.05, 4.69) is 60.5 Å². The van der Waals surface area contributed by atoms with Crippen molar-refractivity contribution in [2.45, 2.75) is 19.8 Å². The molecule has 0 saturated heterocycles. The SMILES string of the molecule is CC(C)c1ccccc1OCC(=O)Nc1nc(-c2ccc(-c3ccccc3)cc2)cs1. The van der Waals surface area contributed by atoms with E-state index in [0.29, 0.717) is 11.0 Å². The van der Waals surface area contributed by atoms with E-state index in [-0.39, 0.29) is 12.5 Å². The molecule has 4 rings (SSSR count). The Hall–Kier alpha value is -3.44. The summed E-state index contributed by atoms with van der Waals surface area (Å²) in [5.74, 6) is 0.846. The van der Waals surface area contributed by atoms with Crippen molar-refractivity contribution in [1.82, 2.24) is 4.98 Å². The fourth-order valence-corrected chi connectivity index (χ4v) is 4.05. The lowest BCUT2D eigenvalue weighted by Crippen LogP contribution is -2.20. The van der Waals surface area contributed by atoms with E-state index in [0.717, 1.165) is 28.1 Å². The van der Waals surface area contributed by atoms with Crippen molar-refractivity contribution in [3.05, 3.63) is 89.8 Å². The maximum Gasteiger partial charge on any atom is 0.264 e. The number of amides is 1. The van der Waals surface area contributed by atoms with Crippen LogP contribution in [0.25, 0.3) is 22.4 Å². The summed E-state index contributed by atoms with van der Waals surface area (Å²) in [4.78, 5) is 16.9. The van der Waals surface area contributed by atoms with Crippen LogP contribution in [0.15, 0.2) is 84.2 Å². The second-order valence-electron chi connectivity index (χ2n) is 7.51. The molecule has 4 aromatic rings. The van der Waals surface area contributed by atoms with Crippen LogP contribution in [0, 0.1) is 0 Å². The molecule has 0 saturated carbocycles. The second-order valence-corrected chi connectivity index (χ2v) is 8.37. The normalized spacial score (nSPS) is 10.8. The summed E-state index contributed by atoms with van der Waals surface area (Å²) < 4.78 is 5.74. The van der Waals surface area contributed by atoms with Gasteiger partial charge in [-0.3, -0.25) is 10.1 Å². The number of nitrogens with one attached hydrogen (secondary N) is 1. The number of para-hydroxylation sites is 1. The second kappa shape index (κ2) is 9.58. The van der Waals surface area contributed by atoms with Gasteiger partial charge >= 0.3 is 0 Å². The van der Waals surface area contributed by atoms with Crippen LogP contribution in [0.1, 0.15) is 25.3 Å². The predicted octanol–water partition coefficient (Wildman–Crippen LogP) is 6.62. The van der Waals surface area contributed by atoms with E-state index in [1.54, 1.807) is 0 Å². The van der Waals surface area contributed by atoms with Gasteiger partial charge in [-0.25, -0.2) is 4.98 Å². The summed E-state index contributed by atoms with van der Waals surface area (Å²) in [6.07, 6.45) is 0. The quantitative estimate of drug-likeness (QED) is 0.360. The molecule has 0 aliphatic carbocycles. The molecule has 1 aromatic heterocycles. The monoisotopic (exact) mass is 428 g/mol. The topological polar surface area (TPSA) is 51.2 Å². The summed E-state index contributed by atoms with van der Waals surface area (Å²) in [6.45, 7) is 4.15. The highest BCUT2D eigenvalue weighted by Gasteiger charge is 2.11. The van der Waals surface area contributed by atoms with Crippen molar-refractivity contribution < 1.29 is 9.53 Å². The summed E-state index contributed by atoms with van der Waals surface area (Å²) in [6, 6.07) is 26.3. The van der Waals surface area contributed by atoms with Crippen LogP contribution in [-0.2, 0) is 4.79 Å². The Morgan fingerprint density at radius 2 is 1.55 bits per heavy atom. The molecular weight excluding hydrogens is 404 g/mol. The molecular formula is C26H24N2O2S. The summed E-state index contributed by atoms with van der Waals surface area (Å²) in [5.41, 5.74) is 5.28. The average molecular weight is 429 g/mol. The Balaban J connectivity index is 1.37. The minimum absolute atomic E-state index is 0.0512. The molecule has 0 aliphatic rings. The van der Waals surface area contributed by atoms with Gasteiger partial charge in [-0.15, -0.1) is 11.3 Å². The van der Waals surface area contributed by atoms with E-state index in [1.807, 2.05) is 47.8 Å². The number of anilines is 1. The number of hydrogen-bond donors (Lipinski definition) is 1. The third kappa shape index (κ3) is 5.19. The molecule has 3 aromatic carbocycles. The van der Waals surface area contributed by atoms with E-state index < -0.39 is 0 Å². The molecule has 0 aliphatic heterocycles. The molecule has 5 heteroatoms. The molecule has 156 valence electrons. The van der Waals surface area contributed by atoms with Crippen LogP contribution >= 0.6 is 11.3 Å². The average Bonchev–Trinajstić information content (AvgIpc) is 3.27. The summed E-state index contributed by atoms with van der Waals surface area (Å²) >= 11 is 1.40. The van der Waals surface area contributed by atoms with Gasteiger partial charge < -0.3 is 4.74 Å². The van der Waals surface area contributed by atoms with Gasteiger partial charge in [-0.05, 0) is 28.7 Å². The van der Waals surface area contributed by atoms with E-state index in [9.17, 15) is 4.79 Å². The lowest BCUT2D eigenvalue weighted by molar-refractivity contribution is -0.118. The number of benzene rings is 3. The van der Waals surface area contributed by atoms with Gasteiger partial charge in [0.15, 0.2) is 11.7 Å². The molecule has 0 bridgehead atoms. The number of ether oxygens (including phenoxy) is 1. The number of nitrogens with zero attached hydrogens (tertiary/aromatic N) is 1. The van der Waals surface area contributed by atoms with Crippen molar-refractivity contribution in [2.24, 2.45) is 0 Å². The predicted molar refractivity (Wildman–Crippen MR) is 128 cm³/mol. The zero-order valence-corrected chi connectivity index (χ0v) is 18.4. The van der Waals surface area contributed by atoms with Crippen LogP contribution in [0.5, 0.6) is 5.75 Å². The standard InChI is InChI=1S/C26H24N2O2S/c1-18(2)22-10-6-7-11-24(22)30-16-25(29)28-26-27-23(17-31-26)21-14-12-20(13-15-21)19-8-4-3-5-9-19/h3-15,17-18H,16H2,1-2H3,(H,27,28,29). The molecule has 1 heterocycles. The van der Waals surface area contributed by atoms with E-state index >= 15 is 0 Å². The molecule has 4 nitrogen and oxygen atoms in total. The maximum absolute atomic E-state index is 12.3. The zero-order chi connectivity index (χ0) is 21.6. The Bertz CT molecular complexity index is 1150. The number of rotatable bonds is 7. The highest BCUT2D eigenvalue weighted by atomic mass is 32.1. The molecule has 0 fully saturated rings. The number of hydrogen-bond acceptors (Lipinski definition) is 4. The van der Waals surface area contributed by atoms with Gasteiger partial charge in [0.1, 0.15) is 5.75 Å². The third-order valence-electron chi connectivity index (χ3n) is 4.94. The largest absolute Gasteiger partial charge is 0.483 e. The Kier molecular flexibility index (Phi) is 6.43. The van der Waals surface area contributed by atoms with Gasteiger partial charge in [0.05, 0.1) is 5.69 Å². The molecule has 0 unspecified atom stereocenters. The van der Waals surface area contributed by atoms with Gasteiger partial charge in [0.2, 0.25) is 0 Å². The van der Waals surface area contributed by atoms with Gasteiger partial charge in [-0.1, -0.05) is 86.6 Å². The van der Waals surface area contributed by atoms with Gasteiger partial charge in [0, 0.05) is 10.9 Å². The number of thiazole rings is 1. The van der Waals surface area contributed by atoms with Crippen molar-refractivity contribution in [3.8, 4) is 28.1 Å². The zero-order valence-electron chi connectivity index (χ0n) is 17.5. The first kappa shape index (κ1) is 20.8. The van der Waals surface area contributed by atoms with Crippen molar-refractivity contribution >= 4 is 22.4 Å². The van der Waals surface area contributed by atoms with Crippen molar-refractivity contribution in [3.63, 3.8) is 0 Å². The Morgan fingerprint density at radius 1 is 0.903 bits per heavy atom. The lowest BCUT2D eigenvalue weighted by atomic mass is 10.0.